The molecule has 0 bridgehead atoms. The zero-order valence-electron chi connectivity index (χ0n) is 16.1. The number of rotatable bonds is 4. The smallest absolute Gasteiger partial charge is 0.256 e. The van der Waals surface area contributed by atoms with Crippen LogP contribution in [0.5, 0.6) is 0 Å². The van der Waals surface area contributed by atoms with E-state index in [9.17, 15) is 9.59 Å². The van der Waals surface area contributed by atoms with Crippen LogP contribution in [-0.2, 0) is 0 Å². The maximum Gasteiger partial charge on any atom is 0.256 e. The number of nitrogens with zero attached hydrogens (tertiary/aromatic N) is 2. The minimum absolute atomic E-state index is 0.00262. The van der Waals surface area contributed by atoms with E-state index in [1.165, 1.54) is 0 Å². The summed E-state index contributed by atoms with van der Waals surface area (Å²) in [5, 5.41) is 2.82. The lowest BCUT2D eigenvalue weighted by atomic mass is 9.95. The van der Waals surface area contributed by atoms with Gasteiger partial charge in [-0.25, -0.2) is 4.98 Å². The predicted octanol–water partition coefficient (Wildman–Crippen LogP) is 4.70. The number of carbonyl (C=O) groups excluding carboxylic acids is 2. The van der Waals surface area contributed by atoms with Gasteiger partial charge in [-0.2, -0.15) is 0 Å². The van der Waals surface area contributed by atoms with E-state index in [0.29, 0.717) is 16.9 Å². The fraction of sp³-hybridized carbons (Fsp3) is 0.208. The summed E-state index contributed by atoms with van der Waals surface area (Å²) in [5.74, 6) is 0.362. The molecule has 1 fully saturated rings. The normalized spacial score (nSPS) is 16.3. The van der Waals surface area contributed by atoms with Crippen LogP contribution in [0.15, 0.2) is 79.0 Å². The molecule has 1 aliphatic rings. The average Bonchev–Trinajstić information content (AvgIpc) is 2.80. The molecule has 2 aromatic carbocycles. The molecule has 0 radical (unpaired) electrons. The van der Waals surface area contributed by atoms with Gasteiger partial charge >= 0.3 is 0 Å². The van der Waals surface area contributed by atoms with Gasteiger partial charge in [0.05, 0.1) is 6.04 Å². The third kappa shape index (κ3) is 4.35. The number of pyridine rings is 1. The zero-order valence-corrected chi connectivity index (χ0v) is 16.1. The van der Waals surface area contributed by atoms with Crippen LogP contribution in [0.4, 0.5) is 5.82 Å². The van der Waals surface area contributed by atoms with Gasteiger partial charge in [0.25, 0.3) is 11.8 Å². The van der Waals surface area contributed by atoms with E-state index in [2.05, 4.69) is 10.3 Å². The van der Waals surface area contributed by atoms with Gasteiger partial charge in [0, 0.05) is 23.9 Å². The number of nitrogens with one attached hydrogen (secondary N) is 1. The van der Waals surface area contributed by atoms with Crippen LogP contribution in [0, 0.1) is 0 Å². The summed E-state index contributed by atoms with van der Waals surface area (Å²) in [6, 6.07) is 22.2. The molecule has 3 aromatic rings. The second kappa shape index (κ2) is 8.69. The van der Waals surface area contributed by atoms with E-state index in [1.807, 2.05) is 59.5 Å². The number of amides is 2. The Morgan fingerprint density at radius 2 is 1.55 bits per heavy atom. The highest BCUT2D eigenvalue weighted by molar-refractivity contribution is 6.03. The molecule has 29 heavy (non-hydrogen) atoms. The summed E-state index contributed by atoms with van der Waals surface area (Å²) in [6.45, 7) is 0.741. The van der Waals surface area contributed by atoms with Crippen molar-refractivity contribution in [2.24, 2.45) is 0 Å². The first-order chi connectivity index (χ1) is 14.2. The average molecular weight is 385 g/mol. The van der Waals surface area contributed by atoms with E-state index in [0.717, 1.165) is 31.4 Å². The third-order valence-corrected chi connectivity index (χ3v) is 5.23. The molecule has 1 atom stereocenters. The summed E-state index contributed by atoms with van der Waals surface area (Å²) in [4.78, 5) is 31.7. The number of hydrogen-bond acceptors (Lipinski definition) is 3. The Bertz CT molecular complexity index is 972. The first-order valence-corrected chi connectivity index (χ1v) is 9.91. The standard InChI is InChI=1S/C24H23N3O2/c28-23(18-9-3-1-4-10-18)26-22-15-14-20(17-25-22)21-13-7-8-16-27(21)24(29)19-11-5-2-6-12-19/h1-6,9-12,14-15,17,21H,7-8,13,16H2,(H,25,26,28). The molecule has 2 heterocycles. The van der Waals surface area contributed by atoms with Crippen molar-refractivity contribution < 1.29 is 9.59 Å². The third-order valence-electron chi connectivity index (χ3n) is 5.23. The largest absolute Gasteiger partial charge is 0.332 e. The molecular weight excluding hydrogens is 362 g/mol. The highest BCUT2D eigenvalue weighted by atomic mass is 16.2. The van der Waals surface area contributed by atoms with E-state index in [4.69, 9.17) is 0 Å². The Hall–Kier alpha value is -3.47. The molecule has 0 aliphatic carbocycles. The van der Waals surface area contributed by atoms with Crippen LogP contribution in [0.1, 0.15) is 51.6 Å². The van der Waals surface area contributed by atoms with E-state index < -0.39 is 0 Å². The summed E-state index contributed by atoms with van der Waals surface area (Å²) in [6.07, 6.45) is 4.77. The van der Waals surface area contributed by atoms with Gasteiger partial charge in [-0.15, -0.1) is 0 Å². The minimum Gasteiger partial charge on any atom is -0.332 e. The summed E-state index contributed by atoms with van der Waals surface area (Å²) in [7, 11) is 0. The second-order valence-corrected chi connectivity index (χ2v) is 7.17. The van der Waals surface area contributed by atoms with Crippen LogP contribution in [-0.4, -0.2) is 28.2 Å². The Kier molecular flexibility index (Phi) is 5.66. The molecule has 1 saturated heterocycles. The SMILES string of the molecule is O=C(Nc1ccc(C2CCCCN2C(=O)c2ccccc2)cn1)c1ccccc1. The quantitative estimate of drug-likeness (QED) is 0.708. The van der Waals surface area contributed by atoms with Crippen LogP contribution in [0.2, 0.25) is 0 Å². The predicted molar refractivity (Wildman–Crippen MR) is 113 cm³/mol. The van der Waals surface area contributed by atoms with Crippen LogP contribution >= 0.6 is 0 Å². The number of anilines is 1. The van der Waals surface area contributed by atoms with E-state index in [-0.39, 0.29) is 17.9 Å². The molecule has 1 aliphatic heterocycles. The van der Waals surface area contributed by atoms with Gasteiger partial charge in [-0.05, 0) is 55.2 Å². The monoisotopic (exact) mass is 385 g/mol. The fourth-order valence-electron chi connectivity index (χ4n) is 3.72. The van der Waals surface area contributed by atoms with Crippen molar-refractivity contribution >= 4 is 17.6 Å². The first-order valence-electron chi connectivity index (χ1n) is 9.91. The van der Waals surface area contributed by atoms with Crippen LogP contribution in [0.25, 0.3) is 0 Å². The number of aromatic nitrogens is 1. The fourth-order valence-corrected chi connectivity index (χ4v) is 3.72. The maximum atomic E-state index is 13.0. The Labute approximate surface area is 170 Å². The van der Waals surface area contributed by atoms with Gasteiger partial charge in [0.15, 0.2) is 0 Å². The number of likely N-dealkylation sites (tertiary alicyclic amines) is 1. The summed E-state index contributed by atoms with van der Waals surface area (Å²) >= 11 is 0. The van der Waals surface area contributed by atoms with E-state index >= 15 is 0 Å². The Morgan fingerprint density at radius 3 is 2.21 bits per heavy atom. The number of piperidine rings is 1. The van der Waals surface area contributed by atoms with Crippen molar-refractivity contribution in [1.29, 1.82) is 0 Å². The Morgan fingerprint density at radius 1 is 0.862 bits per heavy atom. The Balaban J connectivity index is 1.49. The maximum absolute atomic E-state index is 13.0. The molecule has 0 spiro atoms. The van der Waals surface area contributed by atoms with E-state index in [1.54, 1.807) is 24.4 Å². The van der Waals surface area contributed by atoms with Crippen molar-refractivity contribution in [3.05, 3.63) is 95.7 Å². The van der Waals surface area contributed by atoms with Crippen molar-refractivity contribution in [3.8, 4) is 0 Å². The van der Waals surface area contributed by atoms with Gasteiger partial charge in [0.1, 0.15) is 5.82 Å². The topological polar surface area (TPSA) is 62.3 Å². The van der Waals surface area contributed by atoms with Crippen molar-refractivity contribution in [3.63, 3.8) is 0 Å². The second-order valence-electron chi connectivity index (χ2n) is 7.17. The summed E-state index contributed by atoms with van der Waals surface area (Å²) in [5.41, 5.74) is 2.29. The highest BCUT2D eigenvalue weighted by Crippen LogP contribution is 2.32. The molecule has 1 unspecified atom stereocenters. The molecule has 5 heteroatoms. The lowest BCUT2D eigenvalue weighted by Gasteiger charge is -2.36. The number of hydrogen-bond donors (Lipinski definition) is 1. The lowest BCUT2D eigenvalue weighted by Crippen LogP contribution is -2.38. The molecule has 1 aromatic heterocycles. The number of carbonyl (C=O) groups is 2. The van der Waals surface area contributed by atoms with Gasteiger partial charge in [-0.1, -0.05) is 42.5 Å². The molecular formula is C24H23N3O2. The molecule has 2 amide bonds. The highest BCUT2D eigenvalue weighted by Gasteiger charge is 2.28. The molecule has 146 valence electrons. The molecule has 0 saturated carbocycles. The van der Waals surface area contributed by atoms with Gasteiger partial charge in [-0.3, -0.25) is 9.59 Å². The minimum atomic E-state index is -0.190. The van der Waals surface area contributed by atoms with Crippen molar-refractivity contribution in [2.75, 3.05) is 11.9 Å². The molecule has 4 rings (SSSR count). The van der Waals surface area contributed by atoms with Crippen LogP contribution in [0.3, 0.4) is 0 Å². The van der Waals surface area contributed by atoms with Crippen molar-refractivity contribution in [1.82, 2.24) is 9.88 Å². The zero-order chi connectivity index (χ0) is 20.1. The molecule has 1 N–H and O–H groups in total. The number of benzene rings is 2. The summed E-state index contributed by atoms with van der Waals surface area (Å²) < 4.78 is 0. The van der Waals surface area contributed by atoms with Crippen molar-refractivity contribution in [2.45, 2.75) is 25.3 Å². The van der Waals surface area contributed by atoms with Crippen LogP contribution < -0.4 is 5.32 Å². The van der Waals surface area contributed by atoms with Gasteiger partial charge < -0.3 is 10.2 Å². The molecule has 5 nitrogen and oxygen atoms in total. The van der Waals surface area contributed by atoms with Gasteiger partial charge in [0.2, 0.25) is 0 Å². The first kappa shape index (κ1) is 18.9. The lowest BCUT2D eigenvalue weighted by molar-refractivity contribution is 0.0611.